The summed E-state index contributed by atoms with van der Waals surface area (Å²) >= 11 is 0. The van der Waals surface area contributed by atoms with Crippen LogP contribution in [0.5, 0.6) is 0 Å². The lowest BCUT2D eigenvalue weighted by Crippen LogP contribution is -2.39. The van der Waals surface area contributed by atoms with Crippen molar-refractivity contribution in [3.63, 3.8) is 0 Å². The number of hydrogen-bond donors (Lipinski definition) is 0. The van der Waals surface area contributed by atoms with Crippen LogP contribution in [-0.4, -0.2) is 18.2 Å². The largest absolute Gasteiger partial charge is 0.425 e. The Balaban J connectivity index is 2.82. The van der Waals surface area contributed by atoms with Crippen LogP contribution in [0, 0.1) is 5.41 Å². The topological polar surface area (TPSA) is 52.6 Å². The highest BCUT2D eigenvalue weighted by Crippen LogP contribution is 2.35. The van der Waals surface area contributed by atoms with Crippen LogP contribution in [0.25, 0.3) is 0 Å². The molecule has 1 aliphatic rings. The van der Waals surface area contributed by atoms with Gasteiger partial charge < -0.3 is 9.47 Å². The summed E-state index contributed by atoms with van der Waals surface area (Å²) in [5.74, 6) is -0.508. The first kappa shape index (κ1) is 16.0. The van der Waals surface area contributed by atoms with Crippen molar-refractivity contribution in [2.45, 2.75) is 78.4 Å². The van der Waals surface area contributed by atoms with Crippen molar-refractivity contribution < 1.29 is 19.1 Å². The molecule has 110 valence electrons. The number of ether oxygens (including phenoxy) is 2. The van der Waals surface area contributed by atoms with Crippen LogP contribution in [0.1, 0.15) is 72.1 Å². The SMILES string of the molecule is CCCCC(C)(CC)C1OC(=O)CCCCC(=O)O1. The molecule has 1 unspecified atom stereocenters. The molecule has 4 nitrogen and oxygen atoms in total. The van der Waals surface area contributed by atoms with Gasteiger partial charge in [-0.3, -0.25) is 9.59 Å². The smallest absolute Gasteiger partial charge is 0.308 e. The molecule has 0 aromatic carbocycles. The Hall–Kier alpha value is -1.06. The van der Waals surface area contributed by atoms with Crippen molar-refractivity contribution >= 4 is 11.9 Å². The maximum absolute atomic E-state index is 11.7. The number of carbonyl (C=O) groups excluding carboxylic acids is 2. The standard InChI is InChI=1S/C15H26O4/c1-4-6-11-15(3,5-2)14-18-12(16)9-7-8-10-13(17)19-14/h14H,4-11H2,1-3H3. The average Bonchev–Trinajstić information content (AvgIpc) is 2.47. The average molecular weight is 270 g/mol. The van der Waals surface area contributed by atoms with E-state index >= 15 is 0 Å². The van der Waals surface area contributed by atoms with E-state index in [0.29, 0.717) is 25.7 Å². The summed E-state index contributed by atoms with van der Waals surface area (Å²) in [6, 6.07) is 0. The van der Waals surface area contributed by atoms with E-state index in [-0.39, 0.29) is 17.4 Å². The summed E-state index contributed by atoms with van der Waals surface area (Å²) in [7, 11) is 0. The Bertz CT molecular complexity index is 293. The highest BCUT2D eigenvalue weighted by molar-refractivity contribution is 5.72. The summed E-state index contributed by atoms with van der Waals surface area (Å²) in [6.45, 7) is 6.20. The van der Waals surface area contributed by atoms with E-state index < -0.39 is 6.29 Å². The number of hydrogen-bond acceptors (Lipinski definition) is 4. The fourth-order valence-corrected chi connectivity index (χ4v) is 2.25. The van der Waals surface area contributed by atoms with Gasteiger partial charge in [0.05, 0.1) is 0 Å². The third-order valence-electron chi connectivity index (χ3n) is 3.97. The molecule has 0 aliphatic carbocycles. The third-order valence-corrected chi connectivity index (χ3v) is 3.97. The van der Waals surface area contributed by atoms with Crippen LogP contribution >= 0.6 is 0 Å². The molecule has 0 aromatic heterocycles. The van der Waals surface area contributed by atoms with Gasteiger partial charge in [0.25, 0.3) is 6.29 Å². The van der Waals surface area contributed by atoms with E-state index in [1.807, 2.05) is 13.8 Å². The first-order chi connectivity index (χ1) is 9.01. The lowest BCUT2D eigenvalue weighted by molar-refractivity contribution is -0.212. The number of esters is 2. The first-order valence-corrected chi connectivity index (χ1v) is 7.41. The van der Waals surface area contributed by atoms with Gasteiger partial charge in [-0.25, -0.2) is 0 Å². The van der Waals surface area contributed by atoms with Gasteiger partial charge in [-0.15, -0.1) is 0 Å². The molecule has 0 N–H and O–H groups in total. The zero-order valence-electron chi connectivity index (χ0n) is 12.4. The second-order valence-corrected chi connectivity index (χ2v) is 5.63. The molecule has 0 spiro atoms. The van der Waals surface area contributed by atoms with Crippen LogP contribution in [0.15, 0.2) is 0 Å². The van der Waals surface area contributed by atoms with Crippen molar-refractivity contribution in [3.8, 4) is 0 Å². The number of cyclic esters (lactones) is 2. The quantitative estimate of drug-likeness (QED) is 0.716. The number of carbonyl (C=O) groups is 2. The van der Waals surface area contributed by atoms with E-state index in [1.54, 1.807) is 0 Å². The third kappa shape index (κ3) is 4.84. The molecule has 1 saturated heterocycles. The van der Waals surface area contributed by atoms with Crippen molar-refractivity contribution in [2.75, 3.05) is 0 Å². The molecule has 0 saturated carbocycles. The van der Waals surface area contributed by atoms with Gasteiger partial charge in [0, 0.05) is 18.3 Å². The van der Waals surface area contributed by atoms with Gasteiger partial charge in [0.2, 0.25) is 0 Å². The molecule has 1 heterocycles. The highest BCUT2D eigenvalue weighted by atomic mass is 16.7. The molecular weight excluding hydrogens is 244 g/mol. The van der Waals surface area contributed by atoms with E-state index in [4.69, 9.17) is 9.47 Å². The molecule has 1 rings (SSSR count). The Labute approximate surface area is 115 Å². The monoisotopic (exact) mass is 270 g/mol. The molecule has 1 fully saturated rings. The predicted octanol–water partition coefficient (Wildman–Crippen LogP) is 3.58. The zero-order valence-corrected chi connectivity index (χ0v) is 12.4. The molecule has 0 aromatic rings. The summed E-state index contributed by atoms with van der Waals surface area (Å²) in [6.07, 6.45) is 5.23. The molecule has 0 radical (unpaired) electrons. The first-order valence-electron chi connectivity index (χ1n) is 7.41. The summed E-state index contributed by atoms with van der Waals surface area (Å²) in [5.41, 5.74) is -0.286. The van der Waals surface area contributed by atoms with Crippen LogP contribution in [0.4, 0.5) is 0 Å². The number of unbranched alkanes of at least 4 members (excludes halogenated alkanes) is 1. The molecule has 0 amide bonds. The Morgan fingerprint density at radius 3 is 2.05 bits per heavy atom. The molecule has 1 aliphatic heterocycles. The van der Waals surface area contributed by atoms with Crippen LogP contribution in [0.3, 0.4) is 0 Å². The second-order valence-electron chi connectivity index (χ2n) is 5.63. The van der Waals surface area contributed by atoms with Crippen LogP contribution in [0.2, 0.25) is 0 Å². The molecular formula is C15H26O4. The summed E-state index contributed by atoms with van der Waals surface area (Å²) in [4.78, 5) is 23.5. The van der Waals surface area contributed by atoms with Gasteiger partial charge in [0.1, 0.15) is 0 Å². The van der Waals surface area contributed by atoms with Gasteiger partial charge in [-0.2, -0.15) is 0 Å². The Morgan fingerprint density at radius 1 is 1.11 bits per heavy atom. The number of rotatable bonds is 5. The van der Waals surface area contributed by atoms with Crippen LogP contribution < -0.4 is 0 Å². The minimum absolute atomic E-state index is 0.254. The second kappa shape index (κ2) is 7.51. The van der Waals surface area contributed by atoms with E-state index in [1.165, 1.54) is 0 Å². The maximum atomic E-state index is 11.7. The van der Waals surface area contributed by atoms with Crippen molar-refractivity contribution in [3.05, 3.63) is 0 Å². The Kier molecular flexibility index (Phi) is 6.32. The fourth-order valence-electron chi connectivity index (χ4n) is 2.25. The van der Waals surface area contributed by atoms with Crippen molar-refractivity contribution in [2.24, 2.45) is 5.41 Å². The molecule has 1 atom stereocenters. The zero-order chi connectivity index (χ0) is 14.3. The van der Waals surface area contributed by atoms with Gasteiger partial charge in [-0.1, -0.05) is 33.6 Å². The lowest BCUT2D eigenvalue weighted by Gasteiger charge is -2.35. The van der Waals surface area contributed by atoms with Crippen molar-refractivity contribution in [1.82, 2.24) is 0 Å². The van der Waals surface area contributed by atoms with Gasteiger partial charge >= 0.3 is 11.9 Å². The van der Waals surface area contributed by atoms with E-state index in [2.05, 4.69) is 6.92 Å². The lowest BCUT2D eigenvalue weighted by atomic mass is 9.81. The van der Waals surface area contributed by atoms with Crippen LogP contribution in [-0.2, 0) is 19.1 Å². The predicted molar refractivity (Wildman–Crippen MR) is 72.4 cm³/mol. The summed E-state index contributed by atoms with van der Waals surface area (Å²) < 4.78 is 10.8. The van der Waals surface area contributed by atoms with Crippen molar-refractivity contribution in [1.29, 1.82) is 0 Å². The van der Waals surface area contributed by atoms with E-state index in [0.717, 1.165) is 25.7 Å². The fraction of sp³-hybridized carbons (Fsp3) is 0.867. The minimum Gasteiger partial charge on any atom is -0.425 e. The minimum atomic E-state index is -0.734. The Morgan fingerprint density at radius 2 is 1.63 bits per heavy atom. The summed E-state index contributed by atoms with van der Waals surface area (Å²) in [5, 5.41) is 0. The highest BCUT2D eigenvalue weighted by Gasteiger charge is 2.38. The normalized spacial score (nSPS) is 21.6. The van der Waals surface area contributed by atoms with E-state index in [9.17, 15) is 9.59 Å². The molecule has 4 heteroatoms. The molecule has 0 bridgehead atoms. The maximum Gasteiger partial charge on any atom is 0.308 e. The van der Waals surface area contributed by atoms with Gasteiger partial charge in [0.15, 0.2) is 0 Å². The van der Waals surface area contributed by atoms with Gasteiger partial charge in [-0.05, 0) is 25.7 Å². The molecule has 19 heavy (non-hydrogen) atoms.